The maximum absolute atomic E-state index is 8.56. The molecular formula is C5H6N2O3S2. The number of rotatable bonds is 0. The molecular weight excluding hydrogens is 200 g/mol. The van der Waals surface area contributed by atoms with E-state index < -0.39 is 6.16 Å². The molecule has 0 atom stereocenters. The molecule has 0 aromatic carbocycles. The lowest BCUT2D eigenvalue weighted by atomic mass is 10.8. The van der Waals surface area contributed by atoms with Crippen LogP contribution in [0.15, 0.2) is 22.4 Å². The average molecular weight is 206 g/mol. The number of nitrogens with zero attached hydrogens (tertiary/aromatic N) is 2. The lowest BCUT2D eigenvalue weighted by molar-refractivity contribution is 0.137. The van der Waals surface area contributed by atoms with Gasteiger partial charge in [-0.1, -0.05) is 0 Å². The van der Waals surface area contributed by atoms with Gasteiger partial charge in [-0.25, -0.2) is 14.8 Å². The van der Waals surface area contributed by atoms with Crippen LogP contribution >= 0.6 is 25.3 Å². The number of aromatic nitrogens is 2. The predicted molar refractivity (Wildman–Crippen MR) is 47.2 cm³/mol. The lowest BCUT2D eigenvalue weighted by Crippen LogP contribution is -1.81. The molecule has 0 amide bonds. The molecule has 12 heavy (non-hydrogen) atoms. The third-order valence-corrected chi connectivity index (χ3v) is 1.49. The highest BCUT2D eigenvalue weighted by Crippen LogP contribution is 2.08. The molecule has 1 rings (SSSR count). The molecule has 1 aromatic rings. The Hall–Kier alpha value is -0.950. The number of carbonyl (C=O) groups is 1. The summed E-state index contributed by atoms with van der Waals surface area (Å²) in [6.07, 6.45) is 1.31. The van der Waals surface area contributed by atoms with Crippen molar-refractivity contribution < 1.29 is 15.0 Å². The van der Waals surface area contributed by atoms with Gasteiger partial charge in [0.15, 0.2) is 0 Å². The molecule has 0 aliphatic heterocycles. The van der Waals surface area contributed by atoms with Crippen LogP contribution in [0.2, 0.25) is 0 Å². The molecule has 0 radical (unpaired) electrons. The summed E-state index contributed by atoms with van der Waals surface area (Å²) in [6, 6.07) is 0. The first kappa shape index (κ1) is 11.1. The topological polar surface area (TPSA) is 83.3 Å². The largest absolute Gasteiger partial charge is 0.503 e. The molecule has 1 aromatic heterocycles. The quantitative estimate of drug-likeness (QED) is 0.480. The van der Waals surface area contributed by atoms with E-state index in [1.165, 1.54) is 0 Å². The van der Waals surface area contributed by atoms with Crippen molar-refractivity contribution in [2.24, 2.45) is 0 Å². The van der Waals surface area contributed by atoms with Crippen LogP contribution in [0.5, 0.6) is 0 Å². The Kier molecular flexibility index (Phi) is 5.22. The first-order chi connectivity index (χ1) is 5.54. The molecule has 0 aliphatic rings. The van der Waals surface area contributed by atoms with Crippen molar-refractivity contribution in [1.82, 2.24) is 9.97 Å². The summed E-state index contributed by atoms with van der Waals surface area (Å²) in [5.41, 5.74) is 0. The molecule has 0 aliphatic carbocycles. The fourth-order valence-corrected chi connectivity index (χ4v) is 0.572. The van der Waals surface area contributed by atoms with Crippen LogP contribution in [0.25, 0.3) is 0 Å². The van der Waals surface area contributed by atoms with Gasteiger partial charge in [-0.05, 0) is 0 Å². The summed E-state index contributed by atoms with van der Waals surface area (Å²) >= 11 is 7.90. The van der Waals surface area contributed by atoms with Gasteiger partial charge < -0.3 is 10.2 Å². The van der Waals surface area contributed by atoms with Gasteiger partial charge in [0, 0.05) is 12.4 Å². The van der Waals surface area contributed by atoms with E-state index in [0.717, 1.165) is 0 Å². The molecule has 0 fully saturated rings. The standard InChI is InChI=1S/C4H4N2S2.CH2O3/c7-3-4(8)6-2-1-5-3;2-1(3)4/h1-2H,(H,5,7)(H,6,8);(H2,2,3,4). The van der Waals surface area contributed by atoms with Gasteiger partial charge in [-0.3, -0.25) is 0 Å². The van der Waals surface area contributed by atoms with Crippen LogP contribution in [0.1, 0.15) is 0 Å². The van der Waals surface area contributed by atoms with Crippen molar-refractivity contribution in [3.63, 3.8) is 0 Å². The molecule has 1 heterocycles. The highest BCUT2D eigenvalue weighted by molar-refractivity contribution is 7.83. The summed E-state index contributed by atoms with van der Waals surface area (Å²) in [5.74, 6) is 0. The molecule has 0 spiro atoms. The molecule has 2 N–H and O–H groups in total. The molecule has 0 bridgehead atoms. The van der Waals surface area contributed by atoms with E-state index >= 15 is 0 Å². The zero-order valence-corrected chi connectivity index (χ0v) is 7.54. The fraction of sp³-hybridized carbons (Fsp3) is 0. The molecule has 0 unspecified atom stereocenters. The maximum Gasteiger partial charge on any atom is 0.503 e. The minimum absolute atomic E-state index is 0.566. The normalized spacial score (nSPS) is 8.17. The Balaban J connectivity index is 0.000000261. The van der Waals surface area contributed by atoms with Crippen molar-refractivity contribution >= 4 is 31.4 Å². The van der Waals surface area contributed by atoms with E-state index in [-0.39, 0.29) is 0 Å². The van der Waals surface area contributed by atoms with Crippen molar-refractivity contribution in [3.05, 3.63) is 12.4 Å². The number of thiol groups is 2. The molecule has 66 valence electrons. The van der Waals surface area contributed by atoms with E-state index in [4.69, 9.17) is 15.0 Å². The van der Waals surface area contributed by atoms with Crippen LogP contribution in [-0.2, 0) is 0 Å². The molecule has 5 nitrogen and oxygen atoms in total. The average Bonchev–Trinajstić information content (AvgIpc) is 1.94. The monoisotopic (exact) mass is 206 g/mol. The summed E-state index contributed by atoms with van der Waals surface area (Å²) in [4.78, 5) is 16.2. The first-order valence-electron chi connectivity index (χ1n) is 2.65. The molecule has 0 saturated carbocycles. The molecule has 0 saturated heterocycles. The van der Waals surface area contributed by atoms with Crippen molar-refractivity contribution in [2.75, 3.05) is 0 Å². The van der Waals surface area contributed by atoms with Gasteiger partial charge in [0.05, 0.1) is 0 Å². The third-order valence-electron chi connectivity index (χ3n) is 0.660. The van der Waals surface area contributed by atoms with Gasteiger partial charge in [0.2, 0.25) is 0 Å². The fourth-order valence-electron chi connectivity index (χ4n) is 0.323. The van der Waals surface area contributed by atoms with Crippen LogP contribution in [0.3, 0.4) is 0 Å². The predicted octanol–water partition coefficient (Wildman–Crippen LogP) is 1.28. The van der Waals surface area contributed by atoms with Crippen LogP contribution < -0.4 is 0 Å². The number of carboxylic acid groups (broad SMARTS) is 2. The van der Waals surface area contributed by atoms with Gasteiger partial charge in [0.25, 0.3) is 0 Å². The SMILES string of the molecule is O=C(O)O.Sc1nccnc1S. The summed E-state index contributed by atoms with van der Waals surface area (Å²) < 4.78 is 0. The van der Waals surface area contributed by atoms with E-state index in [2.05, 4.69) is 35.2 Å². The zero-order chi connectivity index (χ0) is 9.56. The Bertz CT molecular complexity index is 244. The maximum atomic E-state index is 8.56. The minimum atomic E-state index is -1.83. The van der Waals surface area contributed by atoms with Gasteiger partial charge in [-0.15, -0.1) is 25.3 Å². The Labute approximate surface area is 79.3 Å². The van der Waals surface area contributed by atoms with Gasteiger partial charge in [-0.2, -0.15) is 0 Å². The lowest BCUT2D eigenvalue weighted by Gasteiger charge is -1.89. The van der Waals surface area contributed by atoms with Gasteiger partial charge in [0.1, 0.15) is 10.1 Å². The summed E-state index contributed by atoms with van der Waals surface area (Å²) in [5, 5.41) is 15.1. The van der Waals surface area contributed by atoms with E-state index in [1.54, 1.807) is 12.4 Å². The summed E-state index contributed by atoms with van der Waals surface area (Å²) in [7, 11) is 0. The highest BCUT2D eigenvalue weighted by Gasteiger charge is 1.89. The molecule has 7 heteroatoms. The van der Waals surface area contributed by atoms with Crippen LogP contribution in [0.4, 0.5) is 4.79 Å². The number of hydrogen-bond acceptors (Lipinski definition) is 5. The summed E-state index contributed by atoms with van der Waals surface area (Å²) in [6.45, 7) is 0. The second-order valence-electron chi connectivity index (χ2n) is 1.49. The minimum Gasteiger partial charge on any atom is -0.450 e. The smallest absolute Gasteiger partial charge is 0.450 e. The van der Waals surface area contributed by atoms with Crippen molar-refractivity contribution in [1.29, 1.82) is 0 Å². The Morgan fingerprint density at radius 1 is 1.17 bits per heavy atom. The first-order valence-corrected chi connectivity index (χ1v) is 3.54. The van der Waals surface area contributed by atoms with Gasteiger partial charge >= 0.3 is 6.16 Å². The van der Waals surface area contributed by atoms with E-state index in [9.17, 15) is 0 Å². The zero-order valence-electron chi connectivity index (χ0n) is 5.75. The number of hydrogen-bond donors (Lipinski definition) is 4. The third kappa shape index (κ3) is 5.81. The second kappa shape index (κ2) is 5.67. The van der Waals surface area contributed by atoms with Crippen LogP contribution in [0, 0.1) is 0 Å². The highest BCUT2D eigenvalue weighted by atomic mass is 32.1. The Morgan fingerprint density at radius 2 is 1.42 bits per heavy atom. The van der Waals surface area contributed by atoms with Crippen molar-refractivity contribution in [2.45, 2.75) is 10.1 Å². The van der Waals surface area contributed by atoms with E-state index in [0.29, 0.717) is 10.1 Å². The van der Waals surface area contributed by atoms with E-state index in [1.807, 2.05) is 0 Å². The Morgan fingerprint density at radius 3 is 1.58 bits per heavy atom. The second-order valence-corrected chi connectivity index (χ2v) is 2.33. The van der Waals surface area contributed by atoms with Crippen LogP contribution in [-0.4, -0.2) is 26.3 Å². The van der Waals surface area contributed by atoms with Crippen molar-refractivity contribution in [3.8, 4) is 0 Å².